The molecule has 4 atom stereocenters. The summed E-state index contributed by atoms with van der Waals surface area (Å²) in [7, 11) is 0. The fourth-order valence-corrected chi connectivity index (χ4v) is 5.06. The van der Waals surface area contributed by atoms with Gasteiger partial charge in [-0.3, -0.25) is 4.79 Å². The minimum absolute atomic E-state index is 0.0910. The average Bonchev–Trinajstić information content (AvgIpc) is 2.48. The lowest BCUT2D eigenvalue weighted by molar-refractivity contribution is -0.159. The summed E-state index contributed by atoms with van der Waals surface area (Å²) in [5, 5.41) is 30.8. The predicted molar refractivity (Wildman–Crippen MR) is 91.7 cm³/mol. The van der Waals surface area contributed by atoms with Gasteiger partial charge >= 0.3 is 5.97 Å². The Hall–Kier alpha value is -1.39. The van der Waals surface area contributed by atoms with Gasteiger partial charge in [-0.1, -0.05) is 31.5 Å². The monoisotopic (exact) mass is 332 g/mol. The third-order valence-corrected chi connectivity index (χ3v) is 6.61. The highest BCUT2D eigenvalue weighted by atomic mass is 16.4. The van der Waals surface area contributed by atoms with Crippen molar-refractivity contribution in [3.05, 3.63) is 34.9 Å². The number of hydrogen-bond acceptors (Lipinski definition) is 3. The van der Waals surface area contributed by atoms with Gasteiger partial charge in [-0.15, -0.1) is 0 Å². The molecular formula is C20H28O4. The number of aliphatic hydroxyl groups excluding tert-OH is 1. The molecule has 0 heterocycles. The Kier molecular flexibility index (Phi) is 3.85. The Bertz CT molecular complexity index is 675. The van der Waals surface area contributed by atoms with Gasteiger partial charge in [-0.05, 0) is 68.1 Å². The van der Waals surface area contributed by atoms with Crippen LogP contribution in [0.2, 0.25) is 0 Å². The van der Waals surface area contributed by atoms with E-state index in [1.807, 2.05) is 25.1 Å². The molecule has 3 rings (SSSR count). The summed E-state index contributed by atoms with van der Waals surface area (Å²) in [5.74, 6) is -0.853. The second kappa shape index (κ2) is 5.30. The smallest absolute Gasteiger partial charge is 0.309 e. The van der Waals surface area contributed by atoms with Crippen molar-refractivity contribution in [3.63, 3.8) is 0 Å². The van der Waals surface area contributed by atoms with Crippen molar-refractivity contribution in [2.75, 3.05) is 0 Å². The molecule has 1 aromatic carbocycles. The van der Waals surface area contributed by atoms with Gasteiger partial charge in [0.2, 0.25) is 0 Å². The molecule has 0 aliphatic heterocycles. The molecule has 0 radical (unpaired) electrons. The Morgan fingerprint density at radius 1 is 1.25 bits per heavy atom. The number of carboxylic acids is 1. The van der Waals surface area contributed by atoms with Crippen LogP contribution in [0, 0.1) is 11.3 Å². The predicted octanol–water partition coefficient (Wildman–Crippen LogP) is 3.50. The van der Waals surface area contributed by atoms with Crippen molar-refractivity contribution in [3.8, 4) is 0 Å². The van der Waals surface area contributed by atoms with Gasteiger partial charge in [-0.2, -0.15) is 0 Å². The molecule has 1 saturated carbocycles. The van der Waals surface area contributed by atoms with E-state index in [1.54, 1.807) is 13.8 Å². The standard InChI is InChI=1S/C20H28O4/c1-18(2,24)12-6-7-14-13(10-12)15(21)11-16-19(14,3)8-5-9-20(16,4)17(22)23/h6-7,10,15-16,21,24H,5,8-9,11H2,1-4H3,(H,22,23)/t15-,16+,19-,20+/m1/s1. The van der Waals surface area contributed by atoms with Gasteiger partial charge in [0.05, 0.1) is 17.1 Å². The quantitative estimate of drug-likeness (QED) is 0.774. The molecule has 2 aliphatic rings. The maximum Gasteiger partial charge on any atom is 0.309 e. The summed E-state index contributed by atoms with van der Waals surface area (Å²) in [6.07, 6.45) is 2.24. The highest BCUT2D eigenvalue weighted by Gasteiger charge is 2.56. The highest BCUT2D eigenvalue weighted by molar-refractivity contribution is 5.75. The van der Waals surface area contributed by atoms with E-state index in [0.29, 0.717) is 12.8 Å². The number of carboxylic acid groups (broad SMARTS) is 1. The lowest BCUT2D eigenvalue weighted by Gasteiger charge is -2.54. The maximum absolute atomic E-state index is 12.0. The molecule has 0 amide bonds. The fraction of sp³-hybridized carbons (Fsp3) is 0.650. The minimum Gasteiger partial charge on any atom is -0.481 e. The molecule has 0 spiro atoms. The van der Waals surface area contributed by atoms with Crippen LogP contribution >= 0.6 is 0 Å². The zero-order chi connectivity index (χ0) is 17.9. The van der Waals surface area contributed by atoms with E-state index in [4.69, 9.17) is 0 Å². The largest absolute Gasteiger partial charge is 0.481 e. The molecule has 0 aromatic heterocycles. The van der Waals surface area contributed by atoms with Crippen molar-refractivity contribution >= 4 is 5.97 Å². The number of fused-ring (bicyclic) bond motifs is 3. The minimum atomic E-state index is -0.964. The van der Waals surface area contributed by atoms with Crippen molar-refractivity contribution < 1.29 is 20.1 Å². The van der Waals surface area contributed by atoms with Crippen LogP contribution < -0.4 is 0 Å². The van der Waals surface area contributed by atoms with Crippen LogP contribution in [-0.4, -0.2) is 21.3 Å². The second-order valence-corrected chi connectivity index (χ2v) is 8.66. The van der Waals surface area contributed by atoms with Crippen LogP contribution in [-0.2, 0) is 15.8 Å². The molecular weight excluding hydrogens is 304 g/mol. The van der Waals surface area contributed by atoms with E-state index < -0.39 is 23.1 Å². The zero-order valence-corrected chi connectivity index (χ0v) is 15.0. The van der Waals surface area contributed by atoms with Crippen LogP contribution in [0.4, 0.5) is 0 Å². The summed E-state index contributed by atoms with van der Waals surface area (Å²) in [5.41, 5.74) is 0.654. The van der Waals surface area contributed by atoms with Gasteiger partial charge in [0.1, 0.15) is 0 Å². The van der Waals surface area contributed by atoms with E-state index in [1.165, 1.54) is 0 Å². The van der Waals surface area contributed by atoms with E-state index in [9.17, 15) is 20.1 Å². The first-order valence-electron chi connectivity index (χ1n) is 8.79. The van der Waals surface area contributed by atoms with Crippen LogP contribution in [0.15, 0.2) is 18.2 Å². The second-order valence-electron chi connectivity index (χ2n) is 8.66. The normalized spacial score (nSPS) is 35.9. The van der Waals surface area contributed by atoms with Gasteiger partial charge in [0.25, 0.3) is 0 Å². The first-order valence-corrected chi connectivity index (χ1v) is 8.79. The molecule has 4 heteroatoms. The SMILES string of the molecule is CC(C)(O)c1ccc2c(c1)[C@H](O)C[C@@H]1[C@@](C)(C(=O)O)CCC[C@]21C. The Morgan fingerprint density at radius 2 is 1.92 bits per heavy atom. The molecule has 0 unspecified atom stereocenters. The highest BCUT2D eigenvalue weighted by Crippen LogP contribution is 2.59. The summed E-state index contributed by atoms with van der Waals surface area (Å²) >= 11 is 0. The van der Waals surface area contributed by atoms with E-state index in [-0.39, 0.29) is 11.3 Å². The van der Waals surface area contributed by atoms with Crippen molar-refractivity contribution in [2.24, 2.45) is 11.3 Å². The third kappa shape index (κ3) is 2.39. The van der Waals surface area contributed by atoms with Crippen LogP contribution in [0.25, 0.3) is 0 Å². The molecule has 24 heavy (non-hydrogen) atoms. The van der Waals surface area contributed by atoms with Crippen LogP contribution in [0.5, 0.6) is 0 Å². The number of rotatable bonds is 2. The average molecular weight is 332 g/mol. The van der Waals surface area contributed by atoms with E-state index in [2.05, 4.69) is 6.92 Å². The van der Waals surface area contributed by atoms with Crippen LogP contribution in [0.1, 0.15) is 76.2 Å². The molecule has 3 N–H and O–H groups in total. The number of benzene rings is 1. The maximum atomic E-state index is 12.0. The van der Waals surface area contributed by atoms with Crippen molar-refractivity contribution in [2.45, 2.75) is 70.5 Å². The summed E-state index contributed by atoms with van der Waals surface area (Å²) < 4.78 is 0. The Balaban J connectivity index is 2.15. The number of aliphatic hydroxyl groups is 2. The lowest BCUT2D eigenvalue weighted by atomic mass is 9.49. The molecule has 1 aromatic rings. The summed E-state index contributed by atoms with van der Waals surface area (Å²) in [4.78, 5) is 12.0. The Morgan fingerprint density at radius 3 is 2.50 bits per heavy atom. The number of hydrogen-bond donors (Lipinski definition) is 3. The molecule has 2 aliphatic carbocycles. The lowest BCUT2D eigenvalue weighted by Crippen LogP contribution is -2.53. The first-order chi connectivity index (χ1) is 11.0. The van der Waals surface area contributed by atoms with Gasteiger partial charge in [0, 0.05) is 0 Å². The van der Waals surface area contributed by atoms with Crippen molar-refractivity contribution in [1.82, 2.24) is 0 Å². The number of carbonyl (C=O) groups is 1. The van der Waals surface area contributed by atoms with Crippen molar-refractivity contribution in [1.29, 1.82) is 0 Å². The van der Waals surface area contributed by atoms with Gasteiger partial charge < -0.3 is 15.3 Å². The summed E-state index contributed by atoms with van der Waals surface area (Å²) in [6, 6.07) is 5.80. The molecule has 0 bridgehead atoms. The summed E-state index contributed by atoms with van der Waals surface area (Å²) in [6.45, 7) is 7.44. The molecule has 0 saturated heterocycles. The third-order valence-electron chi connectivity index (χ3n) is 6.61. The van der Waals surface area contributed by atoms with Crippen LogP contribution in [0.3, 0.4) is 0 Å². The number of aliphatic carboxylic acids is 1. The molecule has 132 valence electrons. The fourth-order valence-electron chi connectivity index (χ4n) is 5.06. The topological polar surface area (TPSA) is 77.8 Å². The molecule has 1 fully saturated rings. The van der Waals surface area contributed by atoms with Gasteiger partial charge in [0.15, 0.2) is 0 Å². The molecule has 4 nitrogen and oxygen atoms in total. The van der Waals surface area contributed by atoms with E-state index >= 15 is 0 Å². The zero-order valence-electron chi connectivity index (χ0n) is 15.0. The van der Waals surface area contributed by atoms with Gasteiger partial charge in [-0.25, -0.2) is 0 Å². The van der Waals surface area contributed by atoms with E-state index in [0.717, 1.165) is 29.5 Å². The first kappa shape index (κ1) is 17.4. The Labute approximate surface area is 143 Å².